The van der Waals surface area contributed by atoms with Crippen LogP contribution in [0.15, 0.2) is 30.3 Å². The summed E-state index contributed by atoms with van der Waals surface area (Å²) in [7, 11) is 3.00. The topological polar surface area (TPSA) is 113 Å². The number of carbonyl (C=O) groups excluding carboxylic acids is 1. The van der Waals surface area contributed by atoms with Crippen molar-refractivity contribution in [3.8, 4) is 29.1 Å². The van der Waals surface area contributed by atoms with Crippen LogP contribution in [0, 0.1) is 11.8 Å². The maximum Gasteiger partial charge on any atom is 0.354 e. The highest BCUT2D eigenvalue weighted by Crippen LogP contribution is 2.22. The second kappa shape index (κ2) is 7.05. The predicted octanol–water partition coefficient (Wildman–Crippen LogP) is 0.795. The first-order chi connectivity index (χ1) is 12.8. The number of benzene rings is 1. The highest BCUT2D eigenvalue weighted by molar-refractivity contribution is 5.90. The van der Waals surface area contributed by atoms with Gasteiger partial charge in [0.25, 0.3) is 5.91 Å². The van der Waals surface area contributed by atoms with Gasteiger partial charge in [-0.1, -0.05) is 24.0 Å². The number of likely N-dealkylation sites (N-methyl/N-ethyl adjacent to an activating group) is 1. The van der Waals surface area contributed by atoms with Crippen LogP contribution in [0.5, 0.6) is 5.88 Å². The molecule has 1 amide bonds. The van der Waals surface area contributed by atoms with E-state index in [9.17, 15) is 19.8 Å². The van der Waals surface area contributed by atoms with Crippen molar-refractivity contribution in [2.75, 3.05) is 20.7 Å². The van der Waals surface area contributed by atoms with Gasteiger partial charge < -0.3 is 19.8 Å². The number of carboxylic acids is 1. The molecule has 1 fully saturated rings. The van der Waals surface area contributed by atoms with Gasteiger partial charge in [0.05, 0.1) is 7.11 Å². The Morgan fingerprint density at radius 2 is 2.11 bits per heavy atom. The van der Waals surface area contributed by atoms with Crippen molar-refractivity contribution in [1.82, 2.24) is 14.9 Å². The van der Waals surface area contributed by atoms with Crippen molar-refractivity contribution < 1.29 is 24.5 Å². The number of ether oxygens (including phenoxy) is 1. The monoisotopic (exact) mass is 367 g/mol. The van der Waals surface area contributed by atoms with Crippen LogP contribution in [-0.2, 0) is 4.79 Å². The van der Waals surface area contributed by atoms with Crippen molar-refractivity contribution in [2.24, 2.45) is 0 Å². The quantitative estimate of drug-likeness (QED) is 0.771. The molecule has 0 saturated carbocycles. The van der Waals surface area contributed by atoms with Gasteiger partial charge in [-0.2, -0.15) is 4.98 Å². The number of hydrogen-bond acceptors (Lipinski definition) is 6. The minimum Gasteiger partial charge on any atom is -0.481 e. The van der Waals surface area contributed by atoms with E-state index in [2.05, 4.69) is 21.8 Å². The van der Waals surface area contributed by atoms with Crippen molar-refractivity contribution in [1.29, 1.82) is 0 Å². The van der Waals surface area contributed by atoms with Gasteiger partial charge in [0.2, 0.25) is 11.5 Å². The van der Waals surface area contributed by atoms with Gasteiger partial charge in [0, 0.05) is 37.2 Å². The number of aromatic nitrogens is 2. The van der Waals surface area contributed by atoms with Crippen LogP contribution in [0.25, 0.3) is 11.4 Å². The van der Waals surface area contributed by atoms with E-state index in [1.54, 1.807) is 31.3 Å². The summed E-state index contributed by atoms with van der Waals surface area (Å²) in [5.41, 5.74) is -0.813. The minimum atomic E-state index is -1.69. The molecule has 2 aromatic rings. The summed E-state index contributed by atoms with van der Waals surface area (Å²) in [4.78, 5) is 32.8. The number of carbonyl (C=O) groups is 2. The van der Waals surface area contributed by atoms with E-state index in [-0.39, 0.29) is 23.8 Å². The summed E-state index contributed by atoms with van der Waals surface area (Å²) in [5, 5.41) is 19.6. The lowest BCUT2D eigenvalue weighted by Gasteiger charge is -2.13. The first-order valence-electron chi connectivity index (χ1n) is 8.10. The maximum absolute atomic E-state index is 12.0. The number of likely N-dealkylation sites (tertiary alicyclic amines) is 1. The average Bonchev–Trinajstić information content (AvgIpc) is 2.94. The summed E-state index contributed by atoms with van der Waals surface area (Å²) in [5.74, 6) is 4.13. The molecule has 8 nitrogen and oxygen atoms in total. The smallest absolute Gasteiger partial charge is 0.354 e. The first-order valence-corrected chi connectivity index (χ1v) is 8.10. The first kappa shape index (κ1) is 18.4. The fourth-order valence-electron chi connectivity index (χ4n) is 2.65. The van der Waals surface area contributed by atoms with Crippen LogP contribution in [0.1, 0.15) is 22.5 Å². The Bertz CT molecular complexity index is 979. The lowest BCUT2D eigenvalue weighted by atomic mass is 10.0. The molecular formula is C19H17N3O5. The molecule has 1 saturated heterocycles. The van der Waals surface area contributed by atoms with E-state index in [0.29, 0.717) is 17.7 Å². The number of nitrogens with zero attached hydrogens (tertiary/aromatic N) is 3. The van der Waals surface area contributed by atoms with E-state index < -0.39 is 17.5 Å². The van der Waals surface area contributed by atoms with E-state index in [4.69, 9.17) is 4.74 Å². The summed E-state index contributed by atoms with van der Waals surface area (Å²) in [6.45, 7) is 0.444. The van der Waals surface area contributed by atoms with E-state index in [0.717, 1.165) is 0 Å². The molecule has 1 aliphatic rings. The normalized spacial score (nSPS) is 18.8. The Hall–Kier alpha value is -3.44. The fraction of sp³-hybridized carbons (Fsp3) is 0.263. The highest BCUT2D eigenvalue weighted by Gasteiger charge is 2.42. The number of aliphatic hydroxyl groups is 1. The zero-order valence-electron chi connectivity index (χ0n) is 14.8. The zero-order valence-corrected chi connectivity index (χ0v) is 14.8. The number of carboxylic acid groups (broad SMARTS) is 1. The second-order valence-electron chi connectivity index (χ2n) is 6.09. The average molecular weight is 367 g/mol. The molecule has 1 atom stereocenters. The standard InChI is InChI=1S/C19H17N3O5/c1-22-9-8-19(26,18(22)25)7-6-12-4-3-5-13(10-12)16-20-14(17(23)24)11-15(21-16)27-2/h3-5,10-11,26H,8-9H2,1-2H3,(H,23,24)/t19-/m0/s1. The minimum absolute atomic E-state index is 0.128. The maximum atomic E-state index is 12.0. The van der Waals surface area contributed by atoms with Crippen molar-refractivity contribution in [3.63, 3.8) is 0 Å². The van der Waals surface area contributed by atoms with Crippen LogP contribution in [0.3, 0.4) is 0 Å². The molecule has 0 aliphatic carbocycles. The Balaban J connectivity index is 1.96. The van der Waals surface area contributed by atoms with Gasteiger partial charge in [-0.3, -0.25) is 4.79 Å². The number of methoxy groups -OCH3 is 1. The molecule has 2 N–H and O–H groups in total. The molecule has 1 aromatic carbocycles. The van der Waals surface area contributed by atoms with E-state index in [1.807, 2.05) is 0 Å². The third-order valence-corrected chi connectivity index (χ3v) is 4.17. The van der Waals surface area contributed by atoms with E-state index in [1.165, 1.54) is 18.1 Å². The molecule has 8 heteroatoms. The SMILES string of the molecule is COc1cc(C(=O)O)nc(-c2cccc(C#C[C@]3(O)CCN(C)C3=O)c2)n1. The molecule has 1 aromatic heterocycles. The lowest BCUT2D eigenvalue weighted by Crippen LogP contribution is -2.37. The van der Waals surface area contributed by atoms with Gasteiger partial charge in [0.1, 0.15) is 0 Å². The Morgan fingerprint density at radius 1 is 1.33 bits per heavy atom. The van der Waals surface area contributed by atoms with E-state index >= 15 is 0 Å². The molecule has 138 valence electrons. The Labute approximate surface area is 155 Å². The number of amides is 1. The predicted molar refractivity (Wildman–Crippen MR) is 95.1 cm³/mol. The summed E-state index contributed by atoms with van der Waals surface area (Å²) < 4.78 is 5.03. The van der Waals surface area contributed by atoms with Gasteiger partial charge in [0.15, 0.2) is 11.5 Å². The van der Waals surface area contributed by atoms with Crippen molar-refractivity contribution in [3.05, 3.63) is 41.6 Å². The molecule has 0 bridgehead atoms. The Morgan fingerprint density at radius 3 is 2.74 bits per heavy atom. The summed E-state index contributed by atoms with van der Waals surface area (Å²) >= 11 is 0. The molecule has 2 heterocycles. The molecule has 0 unspecified atom stereocenters. The van der Waals surface area contributed by atoms with Crippen LogP contribution in [0.4, 0.5) is 0 Å². The third-order valence-electron chi connectivity index (χ3n) is 4.17. The summed E-state index contributed by atoms with van der Waals surface area (Å²) in [6.07, 6.45) is 0.246. The Kier molecular flexibility index (Phi) is 4.79. The van der Waals surface area contributed by atoms with Crippen LogP contribution < -0.4 is 4.74 Å². The largest absolute Gasteiger partial charge is 0.481 e. The van der Waals surface area contributed by atoms with Crippen molar-refractivity contribution >= 4 is 11.9 Å². The van der Waals surface area contributed by atoms with Gasteiger partial charge in [-0.25, -0.2) is 9.78 Å². The fourth-order valence-corrected chi connectivity index (χ4v) is 2.65. The third kappa shape index (κ3) is 3.73. The van der Waals surface area contributed by atoms with Crippen LogP contribution in [-0.4, -0.2) is 63.3 Å². The van der Waals surface area contributed by atoms with Gasteiger partial charge >= 0.3 is 5.97 Å². The number of aromatic carboxylic acids is 1. The number of rotatable bonds is 3. The molecule has 1 aliphatic heterocycles. The lowest BCUT2D eigenvalue weighted by molar-refractivity contribution is -0.137. The molecule has 3 rings (SSSR count). The van der Waals surface area contributed by atoms with Crippen LogP contribution in [0.2, 0.25) is 0 Å². The van der Waals surface area contributed by atoms with Gasteiger partial charge in [-0.05, 0) is 12.1 Å². The van der Waals surface area contributed by atoms with Crippen LogP contribution >= 0.6 is 0 Å². The summed E-state index contributed by atoms with van der Waals surface area (Å²) in [6, 6.07) is 8.00. The second-order valence-corrected chi connectivity index (χ2v) is 6.09. The molecule has 0 radical (unpaired) electrons. The molecule has 27 heavy (non-hydrogen) atoms. The molecule has 0 spiro atoms. The highest BCUT2D eigenvalue weighted by atomic mass is 16.5. The zero-order chi connectivity index (χ0) is 19.6. The van der Waals surface area contributed by atoms with Crippen molar-refractivity contribution in [2.45, 2.75) is 12.0 Å². The number of hydrogen-bond donors (Lipinski definition) is 2. The van der Waals surface area contributed by atoms with Gasteiger partial charge in [-0.15, -0.1) is 0 Å². The molecular weight excluding hydrogens is 350 g/mol.